The Morgan fingerprint density at radius 2 is 2.06 bits per heavy atom. The van der Waals surface area contributed by atoms with Crippen LogP contribution >= 0.6 is 0 Å². The molecule has 1 saturated heterocycles. The molecule has 3 aromatic rings. The predicted octanol–water partition coefficient (Wildman–Crippen LogP) is 4.08. The lowest BCUT2D eigenvalue weighted by atomic mass is 9.99. The zero-order valence-corrected chi connectivity index (χ0v) is 19.2. The monoisotopic (exact) mass is 420 g/mol. The van der Waals surface area contributed by atoms with Gasteiger partial charge in [0, 0.05) is 50.2 Å². The van der Waals surface area contributed by atoms with E-state index < -0.39 is 0 Å². The van der Waals surface area contributed by atoms with Gasteiger partial charge in [0.2, 0.25) is 5.95 Å². The van der Waals surface area contributed by atoms with Crippen molar-refractivity contribution in [2.45, 2.75) is 45.8 Å². The quantitative estimate of drug-likeness (QED) is 0.574. The van der Waals surface area contributed by atoms with Gasteiger partial charge in [-0.3, -0.25) is 9.58 Å². The molecule has 0 saturated carbocycles. The second kappa shape index (κ2) is 9.06. The number of aryl methyl sites for hydroxylation is 1. The van der Waals surface area contributed by atoms with Crippen molar-refractivity contribution < 1.29 is 4.74 Å². The lowest BCUT2D eigenvalue weighted by Crippen LogP contribution is -2.25. The number of anilines is 1. The van der Waals surface area contributed by atoms with Gasteiger partial charge in [0.1, 0.15) is 5.75 Å². The Hall–Kier alpha value is -2.93. The van der Waals surface area contributed by atoms with Gasteiger partial charge in [-0.1, -0.05) is 12.1 Å². The van der Waals surface area contributed by atoms with Crippen molar-refractivity contribution in [1.82, 2.24) is 24.6 Å². The molecule has 0 radical (unpaired) electrons. The van der Waals surface area contributed by atoms with Gasteiger partial charge < -0.3 is 9.64 Å². The smallest absolute Gasteiger partial charge is 0.225 e. The van der Waals surface area contributed by atoms with E-state index in [2.05, 4.69) is 45.6 Å². The molecule has 0 amide bonds. The third-order valence-corrected chi connectivity index (χ3v) is 6.14. The summed E-state index contributed by atoms with van der Waals surface area (Å²) in [5.74, 6) is 1.58. The second-order valence-electron chi connectivity index (χ2n) is 8.29. The fourth-order valence-electron chi connectivity index (χ4n) is 4.37. The van der Waals surface area contributed by atoms with Gasteiger partial charge in [0.15, 0.2) is 0 Å². The van der Waals surface area contributed by atoms with E-state index in [0.29, 0.717) is 0 Å². The number of hydrogen-bond acceptors (Lipinski definition) is 6. The first kappa shape index (κ1) is 21.3. The average Bonchev–Trinajstić information content (AvgIpc) is 3.40. The maximum atomic E-state index is 5.46. The minimum Gasteiger partial charge on any atom is -0.497 e. The fraction of sp³-hybridized carbons (Fsp3) is 0.458. The summed E-state index contributed by atoms with van der Waals surface area (Å²) in [5, 5.41) is 4.54. The van der Waals surface area contributed by atoms with Crippen molar-refractivity contribution in [2.75, 3.05) is 32.6 Å². The van der Waals surface area contributed by atoms with E-state index in [-0.39, 0.29) is 6.04 Å². The van der Waals surface area contributed by atoms with Crippen LogP contribution in [0.3, 0.4) is 0 Å². The molecule has 164 valence electrons. The topological polar surface area (TPSA) is 59.3 Å². The summed E-state index contributed by atoms with van der Waals surface area (Å²) < 4.78 is 7.53. The number of rotatable bonds is 7. The molecule has 2 aromatic heterocycles. The standard InChI is InChI=1S/C24H32N6O/c1-6-30-17(2)19(14-26-30)16-29-12-8-11-22(29)23-21(15-25-24(27-23)28(3)4)18-9-7-10-20(13-18)31-5/h7,9-10,13-15,22H,6,8,11-12,16H2,1-5H3. The SMILES string of the molecule is CCn1ncc(CN2CCCC2c2nc(N(C)C)ncc2-c2cccc(OC)c2)c1C. The highest BCUT2D eigenvalue weighted by Crippen LogP contribution is 2.38. The van der Waals surface area contributed by atoms with E-state index >= 15 is 0 Å². The first-order valence-electron chi connectivity index (χ1n) is 11.0. The van der Waals surface area contributed by atoms with E-state index in [1.165, 1.54) is 11.3 Å². The van der Waals surface area contributed by atoms with E-state index in [4.69, 9.17) is 9.72 Å². The van der Waals surface area contributed by atoms with Crippen LogP contribution in [0.1, 0.15) is 42.8 Å². The molecule has 1 aromatic carbocycles. The summed E-state index contributed by atoms with van der Waals surface area (Å²) in [6.45, 7) is 7.13. The van der Waals surface area contributed by atoms with Crippen molar-refractivity contribution in [3.05, 3.63) is 53.6 Å². The molecule has 1 fully saturated rings. The number of methoxy groups -OCH3 is 1. The van der Waals surface area contributed by atoms with Crippen LogP contribution in [-0.4, -0.2) is 52.4 Å². The summed E-state index contributed by atoms with van der Waals surface area (Å²) in [6, 6.07) is 8.40. The zero-order chi connectivity index (χ0) is 22.0. The second-order valence-corrected chi connectivity index (χ2v) is 8.29. The van der Waals surface area contributed by atoms with Gasteiger partial charge in [-0.2, -0.15) is 5.10 Å². The van der Waals surface area contributed by atoms with Gasteiger partial charge in [-0.25, -0.2) is 9.97 Å². The lowest BCUT2D eigenvalue weighted by Gasteiger charge is -2.26. The molecular weight excluding hydrogens is 388 g/mol. The molecule has 3 heterocycles. The minimum absolute atomic E-state index is 0.243. The first-order chi connectivity index (χ1) is 15.0. The van der Waals surface area contributed by atoms with Crippen LogP contribution in [0.2, 0.25) is 0 Å². The first-order valence-corrected chi connectivity index (χ1v) is 11.0. The Labute approximate surface area is 184 Å². The Balaban J connectivity index is 1.73. The van der Waals surface area contributed by atoms with Crippen LogP contribution < -0.4 is 9.64 Å². The molecule has 1 aliphatic heterocycles. The van der Waals surface area contributed by atoms with Crippen molar-refractivity contribution in [2.24, 2.45) is 0 Å². The molecule has 1 aliphatic rings. The van der Waals surface area contributed by atoms with Gasteiger partial charge >= 0.3 is 0 Å². The van der Waals surface area contributed by atoms with Crippen LogP contribution in [0.15, 0.2) is 36.7 Å². The number of hydrogen-bond donors (Lipinski definition) is 0. The highest BCUT2D eigenvalue weighted by Gasteiger charge is 2.31. The number of aromatic nitrogens is 4. The van der Waals surface area contributed by atoms with Gasteiger partial charge in [-0.05, 0) is 50.9 Å². The summed E-state index contributed by atoms with van der Waals surface area (Å²) in [5.41, 5.74) is 5.78. The molecule has 31 heavy (non-hydrogen) atoms. The molecule has 7 heteroatoms. The van der Waals surface area contributed by atoms with Crippen molar-refractivity contribution in [3.63, 3.8) is 0 Å². The maximum Gasteiger partial charge on any atom is 0.225 e. The van der Waals surface area contributed by atoms with Gasteiger partial charge in [0.05, 0.1) is 25.0 Å². The van der Waals surface area contributed by atoms with Crippen molar-refractivity contribution in [3.8, 4) is 16.9 Å². The van der Waals surface area contributed by atoms with Crippen LogP contribution in [0.4, 0.5) is 5.95 Å². The Bertz CT molecular complexity index is 1040. The largest absolute Gasteiger partial charge is 0.497 e. The molecule has 4 rings (SSSR count). The van der Waals surface area contributed by atoms with Crippen LogP contribution in [0.25, 0.3) is 11.1 Å². The molecule has 0 spiro atoms. The molecule has 0 aliphatic carbocycles. The third-order valence-electron chi connectivity index (χ3n) is 6.14. The Morgan fingerprint density at radius 1 is 1.23 bits per heavy atom. The normalized spacial score (nSPS) is 16.6. The van der Waals surface area contributed by atoms with Crippen LogP contribution in [-0.2, 0) is 13.1 Å². The highest BCUT2D eigenvalue weighted by atomic mass is 16.5. The molecule has 0 bridgehead atoms. The minimum atomic E-state index is 0.243. The summed E-state index contributed by atoms with van der Waals surface area (Å²) in [4.78, 5) is 14.2. The molecular formula is C24H32N6O. The van der Waals surface area contributed by atoms with Crippen molar-refractivity contribution >= 4 is 5.95 Å². The van der Waals surface area contributed by atoms with E-state index in [0.717, 1.165) is 61.0 Å². The van der Waals surface area contributed by atoms with Crippen LogP contribution in [0, 0.1) is 6.92 Å². The van der Waals surface area contributed by atoms with Crippen LogP contribution in [0.5, 0.6) is 5.75 Å². The zero-order valence-electron chi connectivity index (χ0n) is 19.2. The number of ether oxygens (including phenoxy) is 1. The molecule has 7 nitrogen and oxygen atoms in total. The average molecular weight is 421 g/mol. The summed E-state index contributed by atoms with van der Waals surface area (Å²) in [6.07, 6.45) is 6.22. The predicted molar refractivity (Wildman–Crippen MR) is 123 cm³/mol. The van der Waals surface area contributed by atoms with E-state index in [1.54, 1.807) is 7.11 Å². The summed E-state index contributed by atoms with van der Waals surface area (Å²) in [7, 11) is 5.67. The maximum absolute atomic E-state index is 5.46. The highest BCUT2D eigenvalue weighted by molar-refractivity contribution is 5.68. The fourth-order valence-corrected chi connectivity index (χ4v) is 4.37. The number of likely N-dealkylation sites (tertiary alicyclic amines) is 1. The lowest BCUT2D eigenvalue weighted by molar-refractivity contribution is 0.244. The molecule has 1 atom stereocenters. The number of benzene rings is 1. The molecule has 1 unspecified atom stereocenters. The molecule has 0 N–H and O–H groups in total. The Morgan fingerprint density at radius 3 is 2.77 bits per heavy atom. The van der Waals surface area contributed by atoms with E-state index in [9.17, 15) is 0 Å². The van der Waals surface area contributed by atoms with Gasteiger partial charge in [0.25, 0.3) is 0 Å². The Kier molecular flexibility index (Phi) is 6.23. The number of nitrogens with zero attached hydrogens (tertiary/aromatic N) is 6. The third kappa shape index (κ3) is 4.28. The van der Waals surface area contributed by atoms with Crippen molar-refractivity contribution in [1.29, 1.82) is 0 Å². The van der Waals surface area contributed by atoms with E-state index in [1.807, 2.05) is 43.5 Å². The summed E-state index contributed by atoms with van der Waals surface area (Å²) >= 11 is 0. The van der Waals surface area contributed by atoms with Gasteiger partial charge in [-0.15, -0.1) is 0 Å².